The van der Waals surface area contributed by atoms with E-state index in [0.717, 1.165) is 32.1 Å². The molecule has 3 amide bonds. The van der Waals surface area contributed by atoms with Crippen LogP contribution in [0.1, 0.15) is 52.4 Å². The van der Waals surface area contributed by atoms with Crippen LogP contribution in [0.3, 0.4) is 0 Å². The number of hydrogen-bond donors (Lipinski definition) is 3. The van der Waals surface area contributed by atoms with E-state index in [1.165, 1.54) is 6.42 Å². The highest BCUT2D eigenvalue weighted by molar-refractivity contribution is 6.24. The number of amides is 3. The lowest BCUT2D eigenvalue weighted by molar-refractivity contribution is -0.145. The molecule has 4 rings (SSSR count). The SMILES string of the molecule is CC(C)NC(=O)CNC(=O)CNC(=O)C12C[C@@H]3C[C@@H](CC(Cl)(C3)C1)C2. The van der Waals surface area contributed by atoms with Gasteiger partial charge in [-0.05, 0) is 64.2 Å². The van der Waals surface area contributed by atoms with Crippen LogP contribution in [0.5, 0.6) is 0 Å². The van der Waals surface area contributed by atoms with Gasteiger partial charge in [0.2, 0.25) is 17.7 Å². The van der Waals surface area contributed by atoms with Crippen LogP contribution in [-0.4, -0.2) is 41.7 Å². The molecule has 7 heteroatoms. The van der Waals surface area contributed by atoms with Gasteiger partial charge in [-0.3, -0.25) is 14.4 Å². The zero-order valence-electron chi connectivity index (χ0n) is 15.0. The van der Waals surface area contributed by atoms with E-state index in [-0.39, 0.29) is 41.7 Å². The molecule has 0 heterocycles. The molecule has 140 valence electrons. The average molecular weight is 370 g/mol. The first-order chi connectivity index (χ1) is 11.7. The van der Waals surface area contributed by atoms with Gasteiger partial charge in [-0.25, -0.2) is 0 Å². The molecule has 0 spiro atoms. The van der Waals surface area contributed by atoms with Crippen LogP contribution in [0.2, 0.25) is 0 Å². The van der Waals surface area contributed by atoms with Crippen molar-refractivity contribution in [1.29, 1.82) is 0 Å². The van der Waals surface area contributed by atoms with E-state index in [1.807, 2.05) is 13.8 Å². The Hall–Kier alpha value is -1.30. The molecule has 0 aromatic rings. The molecule has 0 aliphatic heterocycles. The van der Waals surface area contributed by atoms with E-state index in [1.54, 1.807) is 0 Å². The third-order valence-corrected chi connectivity index (χ3v) is 6.22. The molecule has 4 atom stereocenters. The molecule has 4 aliphatic carbocycles. The molecule has 4 bridgehead atoms. The van der Waals surface area contributed by atoms with Crippen LogP contribution in [-0.2, 0) is 14.4 Å². The average Bonchev–Trinajstić information content (AvgIpc) is 2.47. The van der Waals surface area contributed by atoms with Crippen molar-refractivity contribution in [3.05, 3.63) is 0 Å². The van der Waals surface area contributed by atoms with Gasteiger partial charge in [0.05, 0.1) is 18.5 Å². The van der Waals surface area contributed by atoms with Gasteiger partial charge in [0.15, 0.2) is 0 Å². The Morgan fingerprint density at radius 2 is 1.60 bits per heavy atom. The molecular weight excluding hydrogens is 342 g/mol. The predicted octanol–water partition coefficient (Wildman–Crippen LogP) is 1.32. The summed E-state index contributed by atoms with van der Waals surface area (Å²) in [6, 6.07) is 0.0306. The summed E-state index contributed by atoms with van der Waals surface area (Å²) >= 11 is 6.75. The third kappa shape index (κ3) is 4.10. The highest BCUT2D eigenvalue weighted by atomic mass is 35.5. The van der Waals surface area contributed by atoms with Crippen LogP contribution in [0.4, 0.5) is 0 Å². The quantitative estimate of drug-likeness (QED) is 0.617. The van der Waals surface area contributed by atoms with Crippen molar-refractivity contribution >= 4 is 29.3 Å². The fraction of sp³-hybridized carbons (Fsp3) is 0.833. The molecule has 0 saturated heterocycles. The van der Waals surface area contributed by atoms with Gasteiger partial charge in [0, 0.05) is 10.9 Å². The predicted molar refractivity (Wildman–Crippen MR) is 95.0 cm³/mol. The van der Waals surface area contributed by atoms with Crippen LogP contribution in [0.15, 0.2) is 0 Å². The second-order valence-electron chi connectivity index (χ2n) is 8.57. The van der Waals surface area contributed by atoms with Gasteiger partial charge in [-0.2, -0.15) is 0 Å². The Morgan fingerprint density at radius 1 is 1.00 bits per heavy atom. The number of halogens is 1. The number of nitrogens with one attached hydrogen (secondary N) is 3. The van der Waals surface area contributed by atoms with Gasteiger partial charge in [-0.1, -0.05) is 0 Å². The maximum absolute atomic E-state index is 12.8. The highest BCUT2D eigenvalue weighted by Gasteiger charge is 2.60. The summed E-state index contributed by atoms with van der Waals surface area (Å²) in [7, 11) is 0. The van der Waals surface area contributed by atoms with Crippen LogP contribution >= 0.6 is 11.6 Å². The molecule has 4 fully saturated rings. The number of carbonyl (C=O) groups excluding carboxylic acids is 3. The Balaban J connectivity index is 1.48. The van der Waals surface area contributed by atoms with Crippen molar-refractivity contribution in [1.82, 2.24) is 16.0 Å². The zero-order valence-corrected chi connectivity index (χ0v) is 15.7. The van der Waals surface area contributed by atoms with Crippen LogP contribution in [0.25, 0.3) is 0 Å². The third-order valence-electron chi connectivity index (χ3n) is 5.78. The minimum Gasteiger partial charge on any atom is -0.352 e. The number of carbonyl (C=O) groups is 3. The molecule has 0 aromatic heterocycles. The standard InChI is InChI=1S/C18H28ClN3O3/c1-11(2)22-15(24)9-20-14(23)8-21-16(25)17-4-12-3-13(5-17)7-18(19,6-12)10-17/h11-13H,3-10H2,1-2H3,(H,20,23)(H,21,25)(H,22,24)/t12-,13+,17?,18?. The second kappa shape index (κ2) is 6.78. The van der Waals surface area contributed by atoms with Gasteiger partial charge < -0.3 is 16.0 Å². The molecule has 3 N–H and O–H groups in total. The van der Waals surface area contributed by atoms with Crippen LogP contribution < -0.4 is 16.0 Å². The molecule has 0 radical (unpaired) electrons. The number of hydrogen-bond acceptors (Lipinski definition) is 3. The fourth-order valence-corrected chi connectivity index (χ4v) is 6.07. The first-order valence-corrected chi connectivity index (χ1v) is 9.61. The minimum atomic E-state index is -0.402. The lowest BCUT2D eigenvalue weighted by Gasteiger charge is -2.59. The Labute approximate surface area is 153 Å². The topological polar surface area (TPSA) is 87.3 Å². The minimum absolute atomic E-state index is 0.0306. The van der Waals surface area contributed by atoms with E-state index in [4.69, 9.17) is 11.6 Å². The van der Waals surface area contributed by atoms with Crippen molar-refractivity contribution < 1.29 is 14.4 Å². The van der Waals surface area contributed by atoms with Crippen molar-refractivity contribution in [3.8, 4) is 0 Å². The monoisotopic (exact) mass is 369 g/mol. The molecule has 0 aromatic carbocycles. The van der Waals surface area contributed by atoms with Crippen molar-refractivity contribution in [2.24, 2.45) is 17.3 Å². The summed E-state index contributed by atoms with van der Waals surface area (Å²) in [6.45, 7) is 3.54. The van der Waals surface area contributed by atoms with E-state index < -0.39 is 5.41 Å². The highest BCUT2D eigenvalue weighted by Crippen LogP contribution is 2.63. The molecular formula is C18H28ClN3O3. The van der Waals surface area contributed by atoms with Crippen molar-refractivity contribution in [2.45, 2.75) is 63.3 Å². The Bertz CT molecular complexity index is 564. The molecule has 4 saturated carbocycles. The van der Waals surface area contributed by atoms with Crippen LogP contribution in [0, 0.1) is 17.3 Å². The zero-order chi connectivity index (χ0) is 18.2. The molecule has 2 unspecified atom stereocenters. The summed E-state index contributed by atoms with van der Waals surface area (Å²) in [5.41, 5.74) is -0.402. The molecule has 6 nitrogen and oxygen atoms in total. The van der Waals surface area contributed by atoms with Gasteiger partial charge >= 0.3 is 0 Å². The molecule has 4 aliphatic rings. The molecule has 25 heavy (non-hydrogen) atoms. The fourth-order valence-electron chi connectivity index (χ4n) is 5.38. The van der Waals surface area contributed by atoms with Gasteiger partial charge in [0.1, 0.15) is 0 Å². The first kappa shape index (κ1) is 18.5. The number of alkyl halides is 1. The summed E-state index contributed by atoms with van der Waals surface area (Å²) < 4.78 is 0. The van der Waals surface area contributed by atoms with Crippen molar-refractivity contribution in [3.63, 3.8) is 0 Å². The Kier molecular flexibility index (Phi) is 5.02. The van der Waals surface area contributed by atoms with Crippen molar-refractivity contribution in [2.75, 3.05) is 13.1 Å². The van der Waals surface area contributed by atoms with E-state index >= 15 is 0 Å². The summed E-state index contributed by atoms with van der Waals surface area (Å²) in [4.78, 5) is 36.0. The van der Waals surface area contributed by atoms with Gasteiger partial charge in [-0.15, -0.1) is 11.6 Å². The van der Waals surface area contributed by atoms with E-state index in [0.29, 0.717) is 11.8 Å². The first-order valence-electron chi connectivity index (χ1n) is 9.23. The Morgan fingerprint density at radius 3 is 2.16 bits per heavy atom. The number of rotatable bonds is 6. The summed E-state index contributed by atoms with van der Waals surface area (Å²) in [6.07, 6.45) is 5.73. The summed E-state index contributed by atoms with van der Waals surface area (Å²) in [5, 5.41) is 8.01. The lowest BCUT2D eigenvalue weighted by Crippen LogP contribution is -2.59. The smallest absolute Gasteiger partial charge is 0.239 e. The maximum Gasteiger partial charge on any atom is 0.239 e. The second-order valence-corrected chi connectivity index (χ2v) is 9.38. The summed E-state index contributed by atoms with van der Waals surface area (Å²) in [5.74, 6) is 0.446. The maximum atomic E-state index is 12.8. The van der Waals surface area contributed by atoms with E-state index in [2.05, 4.69) is 16.0 Å². The van der Waals surface area contributed by atoms with Gasteiger partial charge in [0.25, 0.3) is 0 Å². The normalized spacial score (nSPS) is 35.5. The lowest BCUT2D eigenvalue weighted by atomic mass is 9.49. The van der Waals surface area contributed by atoms with E-state index in [9.17, 15) is 14.4 Å². The largest absolute Gasteiger partial charge is 0.352 e.